The van der Waals surface area contributed by atoms with Crippen LogP contribution >= 0.6 is 15.6 Å². The highest BCUT2D eigenvalue weighted by molar-refractivity contribution is 7.60. The summed E-state index contributed by atoms with van der Waals surface area (Å²) < 4.78 is 27.7. The highest BCUT2D eigenvalue weighted by atomic mass is 31.3. The number of hydrogen-bond acceptors (Lipinski definition) is 5. The Hall–Kier alpha value is -0.530. The molecule has 0 aliphatic carbocycles. The summed E-state index contributed by atoms with van der Waals surface area (Å²) in [4.78, 5) is 35.2. The predicted molar refractivity (Wildman–Crippen MR) is 42.4 cm³/mol. The summed E-state index contributed by atoms with van der Waals surface area (Å²) in [6.07, 6.45) is 0.706. The minimum atomic E-state index is -5.17. The molecule has 0 fully saturated rings. The first-order chi connectivity index (χ1) is 6.16. The van der Waals surface area contributed by atoms with Crippen LogP contribution in [0.25, 0.3) is 0 Å². The van der Waals surface area contributed by atoms with E-state index in [-0.39, 0.29) is 0 Å². The lowest BCUT2D eigenvalue weighted by molar-refractivity contribution is -0.123. The lowest BCUT2D eigenvalue weighted by Crippen LogP contribution is -2.20. The van der Waals surface area contributed by atoms with Gasteiger partial charge in [-0.05, 0) is 6.08 Å². The lowest BCUT2D eigenvalue weighted by atomic mass is 10.6. The Morgan fingerprint density at radius 3 is 2.21 bits per heavy atom. The van der Waals surface area contributed by atoms with Crippen molar-refractivity contribution in [2.45, 2.75) is 0 Å². The van der Waals surface area contributed by atoms with Gasteiger partial charge in [-0.25, -0.2) is 14.6 Å². The number of carbonyl (C=O) groups is 1. The van der Waals surface area contributed by atoms with E-state index in [1.807, 2.05) is 0 Å². The van der Waals surface area contributed by atoms with Gasteiger partial charge in [-0.3, -0.25) is 4.79 Å². The SMILES string of the molecule is C=CC(=O)NOP(=O)(O)OP(=O)(O)O. The summed E-state index contributed by atoms with van der Waals surface area (Å²) >= 11 is 0. The fraction of sp³-hybridized carbons (Fsp3) is 0. The van der Waals surface area contributed by atoms with Gasteiger partial charge in [-0.15, -0.1) is 0 Å². The van der Waals surface area contributed by atoms with E-state index in [0.717, 1.165) is 0 Å². The van der Waals surface area contributed by atoms with E-state index in [1.165, 1.54) is 5.48 Å². The Labute approximate surface area is 78.2 Å². The summed E-state index contributed by atoms with van der Waals surface area (Å²) in [5.41, 5.74) is 1.36. The Morgan fingerprint density at radius 2 is 1.86 bits per heavy atom. The molecule has 14 heavy (non-hydrogen) atoms. The second kappa shape index (κ2) is 4.81. The molecule has 1 atom stereocenters. The summed E-state index contributed by atoms with van der Waals surface area (Å²) in [5.74, 6) is -0.978. The Morgan fingerprint density at radius 1 is 1.36 bits per heavy atom. The van der Waals surface area contributed by atoms with Gasteiger partial charge in [0.25, 0.3) is 5.91 Å². The van der Waals surface area contributed by atoms with E-state index in [0.29, 0.717) is 6.08 Å². The maximum atomic E-state index is 10.6. The minimum absolute atomic E-state index is 0.706. The van der Waals surface area contributed by atoms with Crippen molar-refractivity contribution in [1.29, 1.82) is 0 Å². The maximum absolute atomic E-state index is 10.6. The van der Waals surface area contributed by atoms with E-state index in [2.05, 4.69) is 15.5 Å². The third kappa shape index (κ3) is 6.93. The number of nitrogens with one attached hydrogen (secondary N) is 1. The van der Waals surface area contributed by atoms with Gasteiger partial charge >= 0.3 is 15.6 Å². The van der Waals surface area contributed by atoms with Crippen molar-refractivity contribution < 1.29 is 37.5 Å². The molecule has 0 aromatic rings. The van der Waals surface area contributed by atoms with E-state index in [4.69, 9.17) is 14.7 Å². The van der Waals surface area contributed by atoms with Crippen molar-refractivity contribution in [2.24, 2.45) is 0 Å². The molecule has 0 saturated heterocycles. The van der Waals surface area contributed by atoms with Crippen LogP contribution in [0.15, 0.2) is 12.7 Å². The molecule has 1 amide bonds. The predicted octanol–water partition coefficient (Wildman–Crippen LogP) is -0.570. The van der Waals surface area contributed by atoms with Crippen LogP contribution in [0.3, 0.4) is 0 Å². The van der Waals surface area contributed by atoms with Crippen LogP contribution in [0.1, 0.15) is 0 Å². The topological polar surface area (TPSA) is 142 Å². The quantitative estimate of drug-likeness (QED) is 0.287. The van der Waals surface area contributed by atoms with Gasteiger partial charge in [0, 0.05) is 0 Å². The Balaban J connectivity index is 4.22. The fourth-order valence-electron chi connectivity index (χ4n) is 0.295. The van der Waals surface area contributed by atoms with E-state index < -0.39 is 21.6 Å². The first-order valence-electron chi connectivity index (χ1n) is 2.87. The number of phosphoric acid groups is 2. The van der Waals surface area contributed by atoms with Gasteiger partial charge < -0.3 is 14.7 Å². The van der Waals surface area contributed by atoms with Crippen molar-refractivity contribution in [1.82, 2.24) is 5.48 Å². The molecule has 0 radical (unpaired) electrons. The molecule has 1 unspecified atom stereocenters. The van der Waals surface area contributed by atoms with Crippen molar-refractivity contribution in [3.63, 3.8) is 0 Å². The van der Waals surface area contributed by atoms with Crippen LogP contribution in [0.5, 0.6) is 0 Å². The normalized spacial score (nSPS) is 15.6. The molecule has 0 aromatic heterocycles. The van der Waals surface area contributed by atoms with Crippen LogP contribution in [-0.4, -0.2) is 20.6 Å². The van der Waals surface area contributed by atoms with Crippen molar-refractivity contribution in [3.8, 4) is 0 Å². The lowest BCUT2D eigenvalue weighted by Gasteiger charge is -2.11. The van der Waals surface area contributed by atoms with E-state index in [1.54, 1.807) is 0 Å². The third-order valence-electron chi connectivity index (χ3n) is 0.657. The summed E-state index contributed by atoms with van der Waals surface area (Å²) in [6, 6.07) is 0. The second-order valence-corrected chi connectivity index (χ2v) is 4.56. The zero-order valence-electron chi connectivity index (χ0n) is 6.56. The molecule has 0 bridgehead atoms. The van der Waals surface area contributed by atoms with Crippen molar-refractivity contribution >= 4 is 21.6 Å². The van der Waals surface area contributed by atoms with Gasteiger partial charge in [-0.2, -0.15) is 8.94 Å². The van der Waals surface area contributed by atoms with E-state index in [9.17, 15) is 13.9 Å². The zero-order valence-corrected chi connectivity index (χ0v) is 8.35. The first kappa shape index (κ1) is 13.5. The monoisotopic (exact) mass is 247 g/mol. The molecule has 0 aromatic carbocycles. The zero-order chi connectivity index (χ0) is 11.4. The van der Waals surface area contributed by atoms with Gasteiger partial charge in [0.2, 0.25) is 0 Å². The highest BCUT2D eigenvalue weighted by Gasteiger charge is 2.33. The molecule has 4 N–H and O–H groups in total. The molecule has 0 saturated carbocycles. The molecular formula is C3H7NO8P2. The number of rotatable bonds is 5. The highest BCUT2D eigenvalue weighted by Crippen LogP contribution is 2.56. The second-order valence-electron chi connectivity index (χ2n) is 1.80. The molecule has 0 spiro atoms. The number of amides is 1. The van der Waals surface area contributed by atoms with Crippen LogP contribution in [-0.2, 0) is 22.9 Å². The van der Waals surface area contributed by atoms with Gasteiger partial charge in [-0.1, -0.05) is 6.58 Å². The van der Waals surface area contributed by atoms with Crippen LogP contribution < -0.4 is 5.48 Å². The average Bonchev–Trinajstić information content (AvgIpc) is 1.96. The number of hydrogen-bond donors (Lipinski definition) is 4. The average molecular weight is 247 g/mol. The molecule has 11 heteroatoms. The van der Waals surface area contributed by atoms with Gasteiger partial charge in [0.1, 0.15) is 0 Å². The number of carbonyl (C=O) groups excluding carboxylic acids is 1. The van der Waals surface area contributed by atoms with Crippen LogP contribution in [0.2, 0.25) is 0 Å². The molecule has 9 nitrogen and oxygen atoms in total. The Kier molecular flexibility index (Phi) is 4.63. The maximum Gasteiger partial charge on any atom is 0.502 e. The van der Waals surface area contributed by atoms with Crippen molar-refractivity contribution in [2.75, 3.05) is 0 Å². The summed E-state index contributed by atoms with van der Waals surface area (Å²) in [5, 5.41) is 0. The molecule has 0 heterocycles. The molecule has 82 valence electrons. The van der Waals surface area contributed by atoms with E-state index >= 15 is 0 Å². The smallest absolute Gasteiger partial charge is 0.302 e. The largest absolute Gasteiger partial charge is 0.502 e. The van der Waals surface area contributed by atoms with Gasteiger partial charge in [0.05, 0.1) is 0 Å². The minimum Gasteiger partial charge on any atom is -0.302 e. The first-order valence-corrected chi connectivity index (χ1v) is 5.89. The standard InChI is InChI=1S/C3H7NO8P2/c1-2-3(5)4-11-14(9,10)12-13(6,7)8/h2H,1H2,(H,4,5)(H,9,10)(H2,6,7,8). The summed E-state index contributed by atoms with van der Waals surface area (Å²) in [6.45, 7) is 2.98. The van der Waals surface area contributed by atoms with Gasteiger partial charge in [0.15, 0.2) is 0 Å². The van der Waals surface area contributed by atoms with Crippen molar-refractivity contribution in [3.05, 3.63) is 12.7 Å². The van der Waals surface area contributed by atoms with Crippen LogP contribution in [0.4, 0.5) is 0 Å². The summed E-state index contributed by atoms with van der Waals surface area (Å²) in [7, 11) is -10.2. The Bertz CT molecular complexity index is 319. The van der Waals surface area contributed by atoms with Crippen LogP contribution in [0, 0.1) is 0 Å². The fourth-order valence-corrected chi connectivity index (χ4v) is 1.71. The number of hydroxylamine groups is 1. The molecule has 0 rings (SSSR count). The molecule has 0 aliphatic rings. The third-order valence-corrected chi connectivity index (χ3v) is 2.65. The molecule has 0 aliphatic heterocycles. The molecular weight excluding hydrogens is 240 g/mol.